The van der Waals surface area contributed by atoms with Crippen LogP contribution in [0.4, 0.5) is 17.1 Å². The number of amides is 2. The van der Waals surface area contributed by atoms with Gasteiger partial charge < -0.3 is 20.8 Å². The molecule has 0 spiro atoms. The van der Waals surface area contributed by atoms with Crippen molar-refractivity contribution in [3.63, 3.8) is 0 Å². The summed E-state index contributed by atoms with van der Waals surface area (Å²) in [5.74, 6) is -6.55. The van der Waals surface area contributed by atoms with Crippen molar-refractivity contribution in [3.05, 3.63) is 28.3 Å². The third-order valence-electron chi connectivity index (χ3n) is 2.03. The quantitative estimate of drug-likeness (QED) is 0.332. The van der Waals surface area contributed by atoms with E-state index in [0.29, 0.717) is 0 Å². The van der Waals surface area contributed by atoms with E-state index in [1.807, 2.05) is 10.6 Å². The Hall–Kier alpha value is -3.50. The number of hydrogen-bond donors (Lipinski definition) is 4. The van der Waals surface area contributed by atoms with Crippen LogP contribution in [-0.2, 0) is 19.2 Å². The fourth-order valence-corrected chi connectivity index (χ4v) is 1.23. The van der Waals surface area contributed by atoms with Crippen LogP contribution in [0.5, 0.6) is 0 Å². The zero-order valence-electron chi connectivity index (χ0n) is 10.0. The molecular weight excluding hydrogens is 290 g/mol. The molecule has 0 aliphatic heterocycles. The van der Waals surface area contributed by atoms with Crippen LogP contribution in [0, 0.1) is 10.1 Å². The van der Waals surface area contributed by atoms with E-state index in [1.54, 1.807) is 0 Å². The highest BCUT2D eigenvalue weighted by Crippen LogP contribution is 2.24. The van der Waals surface area contributed by atoms with E-state index in [9.17, 15) is 29.3 Å². The SMILES string of the molecule is O=C(O)C(=O)Nc1cc(NC(=O)C(=O)O)cc([N+](=O)[O-])c1. The molecule has 0 saturated carbocycles. The second-order valence-corrected chi connectivity index (χ2v) is 3.54. The van der Waals surface area contributed by atoms with Crippen molar-refractivity contribution < 1.29 is 34.3 Å². The minimum atomic E-state index is -1.82. The number of aliphatic carboxylic acids is 2. The van der Waals surface area contributed by atoms with Crippen molar-refractivity contribution in [2.75, 3.05) is 10.6 Å². The molecule has 110 valence electrons. The van der Waals surface area contributed by atoms with E-state index in [2.05, 4.69) is 0 Å². The van der Waals surface area contributed by atoms with Crippen LogP contribution in [0.3, 0.4) is 0 Å². The molecule has 4 N–H and O–H groups in total. The zero-order valence-corrected chi connectivity index (χ0v) is 10.0. The smallest absolute Gasteiger partial charge is 0.394 e. The number of nitro benzene ring substituents is 1. The molecule has 0 bridgehead atoms. The average Bonchev–Trinajstić information content (AvgIpc) is 2.37. The lowest BCUT2D eigenvalue weighted by molar-refractivity contribution is -0.384. The first-order valence-electron chi connectivity index (χ1n) is 5.08. The molecule has 11 heteroatoms. The number of non-ortho nitro benzene ring substituents is 1. The summed E-state index contributed by atoms with van der Waals surface area (Å²) in [6.45, 7) is 0. The number of carbonyl (C=O) groups excluding carboxylic acids is 2. The third-order valence-corrected chi connectivity index (χ3v) is 2.03. The standard InChI is InChI=1S/C10H7N3O8/c14-7(9(16)17)11-4-1-5(12-8(15)10(18)19)3-6(2-4)13(20)21/h1-3H,(H,11,14)(H,12,15)(H,16,17)(H,18,19). The second-order valence-electron chi connectivity index (χ2n) is 3.54. The van der Waals surface area contributed by atoms with Crippen LogP contribution in [0.2, 0.25) is 0 Å². The molecule has 0 atom stereocenters. The predicted molar refractivity (Wildman–Crippen MR) is 65.6 cm³/mol. The minimum absolute atomic E-state index is 0.294. The summed E-state index contributed by atoms with van der Waals surface area (Å²) in [5, 5.41) is 31.2. The van der Waals surface area contributed by atoms with Gasteiger partial charge in [-0.25, -0.2) is 9.59 Å². The maximum absolute atomic E-state index is 11.0. The van der Waals surface area contributed by atoms with Gasteiger partial charge in [0.25, 0.3) is 5.69 Å². The van der Waals surface area contributed by atoms with Gasteiger partial charge >= 0.3 is 23.8 Å². The first-order valence-corrected chi connectivity index (χ1v) is 5.08. The first kappa shape index (κ1) is 15.6. The third kappa shape index (κ3) is 4.27. The summed E-state index contributed by atoms with van der Waals surface area (Å²) in [6.07, 6.45) is 0. The normalized spacial score (nSPS) is 9.52. The molecule has 0 fully saturated rings. The molecular formula is C10H7N3O8. The Bertz CT molecular complexity index is 607. The van der Waals surface area contributed by atoms with Gasteiger partial charge in [-0.3, -0.25) is 19.7 Å². The Morgan fingerprint density at radius 2 is 1.29 bits per heavy atom. The highest BCUT2D eigenvalue weighted by Gasteiger charge is 2.18. The van der Waals surface area contributed by atoms with E-state index in [4.69, 9.17) is 10.2 Å². The van der Waals surface area contributed by atoms with Gasteiger partial charge in [0.05, 0.1) is 16.3 Å². The van der Waals surface area contributed by atoms with E-state index >= 15 is 0 Å². The second kappa shape index (κ2) is 6.10. The molecule has 0 heterocycles. The van der Waals surface area contributed by atoms with Crippen molar-refractivity contribution in [1.82, 2.24) is 0 Å². The summed E-state index contributed by atoms with van der Waals surface area (Å²) >= 11 is 0. The molecule has 0 aromatic heterocycles. The van der Waals surface area contributed by atoms with Crippen molar-refractivity contribution >= 4 is 40.8 Å². The largest absolute Gasteiger partial charge is 0.474 e. The van der Waals surface area contributed by atoms with Crippen molar-refractivity contribution in [2.45, 2.75) is 0 Å². The van der Waals surface area contributed by atoms with E-state index in [-0.39, 0.29) is 11.4 Å². The number of anilines is 2. The number of hydrogen-bond acceptors (Lipinski definition) is 6. The fraction of sp³-hybridized carbons (Fsp3) is 0. The van der Waals surface area contributed by atoms with Crippen LogP contribution in [0.15, 0.2) is 18.2 Å². The van der Waals surface area contributed by atoms with Crippen molar-refractivity contribution in [2.24, 2.45) is 0 Å². The number of carboxylic acid groups (broad SMARTS) is 2. The Morgan fingerprint density at radius 1 is 0.905 bits per heavy atom. The van der Waals surface area contributed by atoms with Crippen LogP contribution in [-0.4, -0.2) is 38.9 Å². The number of rotatable bonds is 3. The van der Waals surface area contributed by atoms with Gasteiger partial charge in [0.1, 0.15) is 0 Å². The van der Waals surface area contributed by atoms with Gasteiger partial charge in [0, 0.05) is 12.1 Å². The monoisotopic (exact) mass is 297 g/mol. The molecule has 11 nitrogen and oxygen atoms in total. The highest BCUT2D eigenvalue weighted by atomic mass is 16.6. The van der Waals surface area contributed by atoms with Gasteiger partial charge in [-0.15, -0.1) is 0 Å². The van der Waals surface area contributed by atoms with E-state index in [1.165, 1.54) is 0 Å². The van der Waals surface area contributed by atoms with Crippen LogP contribution in [0.25, 0.3) is 0 Å². The maximum Gasteiger partial charge on any atom is 0.394 e. The lowest BCUT2D eigenvalue weighted by Gasteiger charge is -2.06. The molecule has 0 aliphatic carbocycles. The summed E-state index contributed by atoms with van der Waals surface area (Å²) in [4.78, 5) is 52.5. The number of nitro groups is 1. The molecule has 0 saturated heterocycles. The summed E-state index contributed by atoms with van der Waals surface area (Å²) in [7, 11) is 0. The van der Waals surface area contributed by atoms with Gasteiger partial charge in [-0.2, -0.15) is 0 Å². The van der Waals surface area contributed by atoms with Gasteiger partial charge in [0.15, 0.2) is 0 Å². The van der Waals surface area contributed by atoms with Gasteiger partial charge in [-0.1, -0.05) is 0 Å². The number of nitrogens with zero attached hydrogens (tertiary/aromatic N) is 1. The number of carboxylic acids is 2. The number of benzene rings is 1. The van der Waals surface area contributed by atoms with Gasteiger partial charge in [-0.05, 0) is 6.07 Å². The molecule has 0 unspecified atom stereocenters. The number of carbonyl (C=O) groups is 4. The van der Waals surface area contributed by atoms with Crippen LogP contribution >= 0.6 is 0 Å². The average molecular weight is 297 g/mol. The molecule has 0 aliphatic rings. The Morgan fingerprint density at radius 3 is 1.57 bits per heavy atom. The van der Waals surface area contributed by atoms with Gasteiger partial charge in [0.2, 0.25) is 0 Å². The molecule has 2 amide bonds. The fourth-order valence-electron chi connectivity index (χ4n) is 1.23. The molecule has 21 heavy (non-hydrogen) atoms. The van der Waals surface area contributed by atoms with Crippen molar-refractivity contribution in [1.29, 1.82) is 0 Å². The topological polar surface area (TPSA) is 176 Å². The Labute approximate surface area is 115 Å². The lowest BCUT2D eigenvalue weighted by Crippen LogP contribution is -2.23. The molecule has 1 aromatic carbocycles. The zero-order chi connectivity index (χ0) is 16.2. The first-order chi connectivity index (χ1) is 9.70. The summed E-state index contributed by atoms with van der Waals surface area (Å²) in [5.41, 5.74) is -1.17. The number of nitrogens with one attached hydrogen (secondary N) is 2. The summed E-state index contributed by atoms with van der Waals surface area (Å²) in [6, 6.07) is 2.66. The Kier molecular flexibility index (Phi) is 4.52. The summed E-state index contributed by atoms with van der Waals surface area (Å²) < 4.78 is 0. The van der Waals surface area contributed by atoms with E-state index in [0.717, 1.165) is 18.2 Å². The molecule has 0 radical (unpaired) electrons. The minimum Gasteiger partial charge on any atom is -0.474 e. The molecule has 1 aromatic rings. The van der Waals surface area contributed by atoms with Crippen LogP contribution < -0.4 is 10.6 Å². The Balaban J connectivity index is 3.14. The lowest BCUT2D eigenvalue weighted by atomic mass is 10.2. The maximum atomic E-state index is 11.0. The predicted octanol–water partition coefficient (Wildman–Crippen LogP) is -0.359. The molecule has 1 rings (SSSR count). The van der Waals surface area contributed by atoms with E-state index < -0.39 is 34.4 Å². The highest BCUT2D eigenvalue weighted by molar-refractivity contribution is 6.37. The van der Waals surface area contributed by atoms with Crippen molar-refractivity contribution in [3.8, 4) is 0 Å². The van der Waals surface area contributed by atoms with Crippen LogP contribution in [0.1, 0.15) is 0 Å².